The van der Waals surface area contributed by atoms with E-state index >= 15 is 0 Å². The van der Waals surface area contributed by atoms with E-state index in [1.807, 2.05) is 61.1 Å². The van der Waals surface area contributed by atoms with Crippen LogP contribution < -0.4 is 5.56 Å². The van der Waals surface area contributed by atoms with E-state index in [2.05, 4.69) is 17.0 Å². The first-order valence-corrected chi connectivity index (χ1v) is 11.0. The normalized spacial score (nSPS) is 16.8. The Morgan fingerprint density at radius 3 is 2.53 bits per heavy atom. The molecular weight excluding hydrogens is 402 g/mol. The summed E-state index contributed by atoms with van der Waals surface area (Å²) < 4.78 is 3.69. The second-order valence-electron chi connectivity index (χ2n) is 8.32. The smallest absolute Gasteiger partial charge is 0.328 e. The molecule has 0 radical (unpaired) electrons. The predicted octanol–water partition coefficient (Wildman–Crippen LogP) is 3.96. The number of para-hydroxylation sites is 1. The fourth-order valence-corrected chi connectivity index (χ4v) is 4.64. The van der Waals surface area contributed by atoms with E-state index in [0.717, 1.165) is 54.5 Å². The number of nitrogens with zero attached hydrogens (tertiary/aromatic N) is 3. The maximum absolute atomic E-state index is 13.2. The van der Waals surface area contributed by atoms with Gasteiger partial charge in [0.1, 0.15) is 0 Å². The third-order valence-corrected chi connectivity index (χ3v) is 6.43. The number of likely N-dealkylation sites (tertiary alicyclic amines) is 1. The highest BCUT2D eigenvalue weighted by molar-refractivity contribution is 5.85. The standard InChI is InChI=1S/C26H29N3O3/c1-19-23(26(32)29(27(19)2)22-7-4-3-5-8-22)16-18-28-17-6-9-24(28)21-13-10-20(11-14-21)12-15-25(30)31/h3-5,7-8,10-15,24H,6,9,16-18H2,1-2H3,(H,30,31)/t24-/m0/s1. The lowest BCUT2D eigenvalue weighted by Gasteiger charge is -2.24. The van der Waals surface area contributed by atoms with Gasteiger partial charge in [-0.15, -0.1) is 0 Å². The number of hydrogen-bond donors (Lipinski definition) is 1. The fraction of sp³-hybridized carbons (Fsp3) is 0.308. The van der Waals surface area contributed by atoms with Gasteiger partial charge in [-0.2, -0.15) is 0 Å². The molecule has 32 heavy (non-hydrogen) atoms. The van der Waals surface area contributed by atoms with Crippen molar-refractivity contribution in [2.75, 3.05) is 13.1 Å². The van der Waals surface area contributed by atoms with Gasteiger partial charge >= 0.3 is 5.97 Å². The third kappa shape index (κ3) is 4.46. The number of rotatable bonds is 7. The van der Waals surface area contributed by atoms with Crippen molar-refractivity contribution in [3.63, 3.8) is 0 Å². The first-order valence-electron chi connectivity index (χ1n) is 11.0. The molecule has 1 atom stereocenters. The van der Waals surface area contributed by atoms with Crippen LogP contribution >= 0.6 is 0 Å². The molecule has 1 saturated heterocycles. The minimum absolute atomic E-state index is 0.0570. The summed E-state index contributed by atoms with van der Waals surface area (Å²) in [4.78, 5) is 26.4. The highest BCUT2D eigenvalue weighted by Crippen LogP contribution is 2.32. The summed E-state index contributed by atoms with van der Waals surface area (Å²) in [7, 11) is 1.94. The number of carboxylic acids is 1. The molecule has 1 aliphatic rings. The van der Waals surface area contributed by atoms with Crippen LogP contribution in [0.5, 0.6) is 0 Å². The molecule has 2 aromatic carbocycles. The number of aliphatic carboxylic acids is 1. The second kappa shape index (κ2) is 9.40. The molecule has 1 aliphatic heterocycles. The molecule has 0 amide bonds. The van der Waals surface area contributed by atoms with Crippen LogP contribution in [0.4, 0.5) is 0 Å². The van der Waals surface area contributed by atoms with Crippen LogP contribution in [0.25, 0.3) is 11.8 Å². The van der Waals surface area contributed by atoms with Gasteiger partial charge in [-0.05, 0) is 62.1 Å². The molecule has 1 N–H and O–H groups in total. The van der Waals surface area contributed by atoms with Crippen molar-refractivity contribution in [1.82, 2.24) is 14.3 Å². The molecule has 0 saturated carbocycles. The Morgan fingerprint density at radius 1 is 1.12 bits per heavy atom. The van der Waals surface area contributed by atoms with Gasteiger partial charge in [0.25, 0.3) is 5.56 Å². The quantitative estimate of drug-likeness (QED) is 0.575. The number of carboxylic acid groups (broad SMARTS) is 1. The van der Waals surface area contributed by atoms with Crippen LogP contribution in [0.1, 0.15) is 41.3 Å². The van der Waals surface area contributed by atoms with E-state index in [0.29, 0.717) is 12.5 Å². The summed E-state index contributed by atoms with van der Waals surface area (Å²) in [6.45, 7) is 3.87. The average molecular weight is 432 g/mol. The maximum atomic E-state index is 13.2. The fourth-order valence-electron chi connectivity index (χ4n) is 4.64. The maximum Gasteiger partial charge on any atom is 0.328 e. The largest absolute Gasteiger partial charge is 0.478 e. The third-order valence-electron chi connectivity index (χ3n) is 6.43. The van der Waals surface area contributed by atoms with Gasteiger partial charge in [0.05, 0.1) is 5.69 Å². The summed E-state index contributed by atoms with van der Waals surface area (Å²) >= 11 is 0. The Balaban J connectivity index is 1.49. The minimum Gasteiger partial charge on any atom is -0.478 e. The summed E-state index contributed by atoms with van der Waals surface area (Å²) in [6, 6.07) is 18.2. The molecule has 4 rings (SSSR count). The Hall–Kier alpha value is -3.38. The topological polar surface area (TPSA) is 67.5 Å². The predicted molar refractivity (Wildman–Crippen MR) is 126 cm³/mol. The zero-order valence-electron chi connectivity index (χ0n) is 18.6. The molecule has 6 heteroatoms. The van der Waals surface area contributed by atoms with E-state index in [1.54, 1.807) is 10.8 Å². The van der Waals surface area contributed by atoms with Crippen molar-refractivity contribution in [3.05, 3.63) is 93.4 Å². The molecular formula is C26H29N3O3. The SMILES string of the molecule is Cc1c(CCN2CCC[C@H]2c2ccc(C=CC(=O)O)cc2)c(=O)n(-c2ccccc2)n1C. The highest BCUT2D eigenvalue weighted by Gasteiger charge is 2.26. The first kappa shape index (κ1) is 21.8. The van der Waals surface area contributed by atoms with Gasteiger partial charge in [-0.25, -0.2) is 9.48 Å². The summed E-state index contributed by atoms with van der Waals surface area (Å²) in [5.74, 6) is -0.946. The first-order chi connectivity index (χ1) is 15.5. The van der Waals surface area contributed by atoms with Crippen molar-refractivity contribution in [2.24, 2.45) is 7.05 Å². The molecule has 1 aromatic heterocycles. The van der Waals surface area contributed by atoms with E-state index < -0.39 is 5.97 Å². The van der Waals surface area contributed by atoms with Crippen LogP contribution in [-0.4, -0.2) is 38.4 Å². The van der Waals surface area contributed by atoms with Crippen LogP contribution in [0.3, 0.4) is 0 Å². The van der Waals surface area contributed by atoms with Crippen LogP contribution in [-0.2, 0) is 18.3 Å². The number of benzene rings is 2. The molecule has 1 fully saturated rings. The highest BCUT2D eigenvalue weighted by atomic mass is 16.4. The van der Waals surface area contributed by atoms with Crippen LogP contribution in [0.15, 0.2) is 65.5 Å². The van der Waals surface area contributed by atoms with Crippen LogP contribution in [0, 0.1) is 6.92 Å². The minimum atomic E-state index is -0.946. The Labute approximate surface area is 188 Å². The van der Waals surface area contributed by atoms with Gasteiger partial charge in [0, 0.05) is 37.0 Å². The van der Waals surface area contributed by atoms with Gasteiger partial charge in [-0.3, -0.25) is 14.4 Å². The number of hydrogen-bond acceptors (Lipinski definition) is 3. The van der Waals surface area contributed by atoms with Gasteiger partial charge in [-0.1, -0.05) is 42.5 Å². The van der Waals surface area contributed by atoms with Crippen molar-refractivity contribution in [2.45, 2.75) is 32.2 Å². The molecule has 0 spiro atoms. The molecule has 6 nitrogen and oxygen atoms in total. The van der Waals surface area contributed by atoms with Crippen molar-refractivity contribution in [1.29, 1.82) is 0 Å². The zero-order chi connectivity index (χ0) is 22.7. The van der Waals surface area contributed by atoms with Crippen molar-refractivity contribution in [3.8, 4) is 5.69 Å². The van der Waals surface area contributed by atoms with Gasteiger partial charge in [0.2, 0.25) is 0 Å². The van der Waals surface area contributed by atoms with E-state index in [1.165, 1.54) is 5.56 Å². The van der Waals surface area contributed by atoms with E-state index in [4.69, 9.17) is 5.11 Å². The summed E-state index contributed by atoms with van der Waals surface area (Å²) in [5, 5.41) is 8.79. The molecule has 2 heterocycles. The summed E-state index contributed by atoms with van der Waals surface area (Å²) in [6.07, 6.45) is 5.70. The second-order valence-corrected chi connectivity index (χ2v) is 8.32. The summed E-state index contributed by atoms with van der Waals surface area (Å²) in [5.41, 5.74) is 4.93. The van der Waals surface area contributed by atoms with Crippen LogP contribution in [0.2, 0.25) is 0 Å². The number of aromatic nitrogens is 2. The Kier molecular flexibility index (Phi) is 6.42. The number of carbonyl (C=O) groups is 1. The van der Waals surface area contributed by atoms with Crippen molar-refractivity contribution >= 4 is 12.0 Å². The van der Waals surface area contributed by atoms with E-state index in [-0.39, 0.29) is 5.56 Å². The lowest BCUT2D eigenvalue weighted by atomic mass is 10.0. The average Bonchev–Trinajstić information content (AvgIpc) is 3.34. The van der Waals surface area contributed by atoms with E-state index in [9.17, 15) is 9.59 Å². The Morgan fingerprint density at radius 2 is 1.84 bits per heavy atom. The lowest BCUT2D eigenvalue weighted by molar-refractivity contribution is -0.131. The molecule has 0 aliphatic carbocycles. The molecule has 3 aromatic rings. The van der Waals surface area contributed by atoms with Gasteiger partial charge in [0.15, 0.2) is 0 Å². The molecule has 0 bridgehead atoms. The monoisotopic (exact) mass is 431 g/mol. The molecule has 0 unspecified atom stereocenters. The molecule has 166 valence electrons. The lowest BCUT2D eigenvalue weighted by Crippen LogP contribution is -2.28. The van der Waals surface area contributed by atoms with Gasteiger partial charge < -0.3 is 5.11 Å². The van der Waals surface area contributed by atoms with Crippen molar-refractivity contribution < 1.29 is 9.90 Å². The Bertz CT molecular complexity index is 1170. The zero-order valence-corrected chi connectivity index (χ0v) is 18.6.